The molecule has 1 heterocycles. The highest BCUT2D eigenvalue weighted by Gasteiger charge is 2.26. The third-order valence-corrected chi connectivity index (χ3v) is 4.24. The Balaban J connectivity index is 1.94. The molecule has 1 aliphatic heterocycles. The average molecular weight is 246 g/mol. The quantitative estimate of drug-likeness (QED) is 0.865. The summed E-state index contributed by atoms with van der Waals surface area (Å²) in [5.41, 5.74) is 7.42. The van der Waals surface area contributed by atoms with Gasteiger partial charge in [-0.15, -0.1) is 0 Å². The fourth-order valence-electron chi connectivity index (χ4n) is 3.02. The number of benzene rings is 1. The molecule has 2 heteroatoms. The molecule has 1 fully saturated rings. The van der Waals surface area contributed by atoms with Crippen molar-refractivity contribution in [2.75, 3.05) is 19.6 Å². The minimum Gasteiger partial charge on any atom is -0.329 e. The van der Waals surface area contributed by atoms with Crippen LogP contribution in [0.2, 0.25) is 0 Å². The van der Waals surface area contributed by atoms with Gasteiger partial charge in [0.25, 0.3) is 0 Å². The molecule has 18 heavy (non-hydrogen) atoms. The Bertz CT molecular complexity index is 349. The smallest absolute Gasteiger partial charge is 0.0224 e. The molecule has 0 bridgehead atoms. The van der Waals surface area contributed by atoms with Gasteiger partial charge < -0.3 is 5.73 Å². The standard InChI is InChI=1S/C16H26N2/c1-13-8-9-18(12-13)16(11-17)10-14(2)15-6-4-3-5-7-15/h3-7,13-14,16H,8-12,17H2,1-2H3. The van der Waals surface area contributed by atoms with Crippen LogP contribution >= 0.6 is 0 Å². The fraction of sp³-hybridized carbons (Fsp3) is 0.625. The molecule has 0 aliphatic carbocycles. The first-order chi connectivity index (χ1) is 8.70. The first-order valence-corrected chi connectivity index (χ1v) is 7.19. The normalized spacial score (nSPS) is 24.1. The summed E-state index contributed by atoms with van der Waals surface area (Å²) < 4.78 is 0. The van der Waals surface area contributed by atoms with Gasteiger partial charge in [-0.05, 0) is 36.8 Å². The molecule has 3 unspecified atom stereocenters. The molecule has 1 aromatic carbocycles. The van der Waals surface area contributed by atoms with E-state index in [1.54, 1.807) is 0 Å². The molecule has 0 radical (unpaired) electrons. The topological polar surface area (TPSA) is 29.3 Å². The van der Waals surface area contributed by atoms with Crippen LogP contribution in [-0.4, -0.2) is 30.6 Å². The van der Waals surface area contributed by atoms with Crippen molar-refractivity contribution in [2.45, 2.75) is 38.6 Å². The van der Waals surface area contributed by atoms with Crippen molar-refractivity contribution in [3.63, 3.8) is 0 Å². The summed E-state index contributed by atoms with van der Waals surface area (Å²) in [6.07, 6.45) is 2.50. The maximum atomic E-state index is 5.98. The Labute approximate surface area is 111 Å². The molecule has 2 rings (SSSR count). The molecule has 0 saturated carbocycles. The van der Waals surface area contributed by atoms with Crippen molar-refractivity contribution in [3.8, 4) is 0 Å². The summed E-state index contributed by atoms with van der Waals surface area (Å²) in [6.45, 7) is 7.89. The van der Waals surface area contributed by atoms with Gasteiger partial charge >= 0.3 is 0 Å². The molecular weight excluding hydrogens is 220 g/mol. The molecule has 0 amide bonds. The van der Waals surface area contributed by atoms with Gasteiger partial charge in [-0.2, -0.15) is 0 Å². The number of nitrogens with zero attached hydrogens (tertiary/aromatic N) is 1. The summed E-state index contributed by atoms with van der Waals surface area (Å²) in [4.78, 5) is 2.59. The molecule has 100 valence electrons. The maximum Gasteiger partial charge on any atom is 0.0224 e. The molecule has 0 aromatic heterocycles. The van der Waals surface area contributed by atoms with Crippen LogP contribution < -0.4 is 5.73 Å². The minimum atomic E-state index is 0.546. The van der Waals surface area contributed by atoms with Gasteiger partial charge in [-0.25, -0.2) is 0 Å². The van der Waals surface area contributed by atoms with Crippen molar-refractivity contribution in [1.29, 1.82) is 0 Å². The Hall–Kier alpha value is -0.860. The van der Waals surface area contributed by atoms with Crippen LogP contribution in [0.1, 0.15) is 38.2 Å². The summed E-state index contributed by atoms with van der Waals surface area (Å²) in [5.74, 6) is 1.43. The van der Waals surface area contributed by atoms with Crippen LogP contribution in [0.5, 0.6) is 0 Å². The van der Waals surface area contributed by atoms with Crippen LogP contribution in [0.3, 0.4) is 0 Å². The van der Waals surface area contributed by atoms with Crippen molar-refractivity contribution in [2.24, 2.45) is 11.7 Å². The van der Waals surface area contributed by atoms with Crippen molar-refractivity contribution < 1.29 is 0 Å². The van der Waals surface area contributed by atoms with Crippen molar-refractivity contribution in [3.05, 3.63) is 35.9 Å². The SMILES string of the molecule is CC1CCN(C(CN)CC(C)c2ccccc2)C1. The predicted molar refractivity (Wildman–Crippen MR) is 77.7 cm³/mol. The van der Waals surface area contributed by atoms with E-state index in [1.165, 1.54) is 31.5 Å². The highest BCUT2D eigenvalue weighted by atomic mass is 15.2. The monoisotopic (exact) mass is 246 g/mol. The first-order valence-electron chi connectivity index (χ1n) is 7.19. The Kier molecular flexibility index (Phi) is 4.79. The second-order valence-electron chi connectivity index (χ2n) is 5.83. The van der Waals surface area contributed by atoms with Gasteiger partial charge in [0.15, 0.2) is 0 Å². The van der Waals surface area contributed by atoms with Gasteiger partial charge in [0, 0.05) is 19.1 Å². The summed E-state index contributed by atoms with van der Waals surface area (Å²) in [6, 6.07) is 11.3. The van der Waals surface area contributed by atoms with Gasteiger partial charge in [0.1, 0.15) is 0 Å². The van der Waals surface area contributed by atoms with Gasteiger partial charge in [0.2, 0.25) is 0 Å². The van der Waals surface area contributed by atoms with E-state index in [-0.39, 0.29) is 0 Å². The molecule has 2 N–H and O–H groups in total. The summed E-state index contributed by atoms with van der Waals surface area (Å²) in [5, 5.41) is 0. The van der Waals surface area contributed by atoms with Crippen LogP contribution in [0.4, 0.5) is 0 Å². The lowest BCUT2D eigenvalue weighted by Crippen LogP contribution is -2.39. The lowest BCUT2D eigenvalue weighted by molar-refractivity contribution is 0.221. The second-order valence-corrected chi connectivity index (χ2v) is 5.83. The van der Waals surface area contributed by atoms with E-state index in [2.05, 4.69) is 49.1 Å². The Morgan fingerprint density at radius 1 is 1.33 bits per heavy atom. The van der Waals surface area contributed by atoms with Gasteiger partial charge in [-0.3, -0.25) is 4.90 Å². The van der Waals surface area contributed by atoms with E-state index >= 15 is 0 Å². The first kappa shape index (κ1) is 13.6. The number of rotatable bonds is 5. The largest absolute Gasteiger partial charge is 0.329 e. The van der Waals surface area contributed by atoms with Crippen molar-refractivity contribution in [1.82, 2.24) is 4.90 Å². The van der Waals surface area contributed by atoms with Crippen LogP contribution in [0.15, 0.2) is 30.3 Å². The lowest BCUT2D eigenvalue weighted by atomic mass is 9.93. The average Bonchev–Trinajstić information content (AvgIpc) is 2.83. The molecule has 1 saturated heterocycles. The highest BCUT2D eigenvalue weighted by Crippen LogP contribution is 2.25. The Morgan fingerprint density at radius 3 is 2.61 bits per heavy atom. The number of hydrogen-bond acceptors (Lipinski definition) is 2. The van der Waals surface area contributed by atoms with Gasteiger partial charge in [-0.1, -0.05) is 44.2 Å². The summed E-state index contributed by atoms with van der Waals surface area (Å²) in [7, 11) is 0. The molecule has 0 spiro atoms. The molecule has 1 aliphatic rings. The fourth-order valence-corrected chi connectivity index (χ4v) is 3.02. The zero-order valence-corrected chi connectivity index (χ0v) is 11.7. The lowest BCUT2D eigenvalue weighted by Gasteiger charge is -2.29. The molecule has 3 atom stereocenters. The molecular formula is C16H26N2. The van der Waals surface area contributed by atoms with Crippen molar-refractivity contribution >= 4 is 0 Å². The van der Waals surface area contributed by atoms with Crippen LogP contribution in [0.25, 0.3) is 0 Å². The molecule has 1 aromatic rings. The van der Waals surface area contributed by atoms with E-state index in [0.717, 1.165) is 12.5 Å². The van der Waals surface area contributed by atoms with E-state index in [1.807, 2.05) is 0 Å². The van der Waals surface area contributed by atoms with E-state index in [0.29, 0.717) is 12.0 Å². The van der Waals surface area contributed by atoms with E-state index in [4.69, 9.17) is 5.73 Å². The summed E-state index contributed by atoms with van der Waals surface area (Å²) >= 11 is 0. The third-order valence-electron chi connectivity index (χ3n) is 4.24. The van der Waals surface area contributed by atoms with E-state index in [9.17, 15) is 0 Å². The minimum absolute atomic E-state index is 0.546. The second kappa shape index (κ2) is 6.35. The number of likely N-dealkylation sites (tertiary alicyclic amines) is 1. The zero-order valence-electron chi connectivity index (χ0n) is 11.7. The predicted octanol–water partition coefficient (Wildman–Crippen LogP) is 2.85. The zero-order chi connectivity index (χ0) is 13.0. The number of nitrogens with two attached hydrogens (primary N) is 1. The number of hydrogen-bond donors (Lipinski definition) is 1. The van der Waals surface area contributed by atoms with Crippen LogP contribution in [-0.2, 0) is 0 Å². The third kappa shape index (κ3) is 3.33. The van der Waals surface area contributed by atoms with E-state index < -0.39 is 0 Å². The highest BCUT2D eigenvalue weighted by molar-refractivity contribution is 5.19. The maximum absolute atomic E-state index is 5.98. The Morgan fingerprint density at radius 2 is 2.06 bits per heavy atom. The van der Waals surface area contributed by atoms with Gasteiger partial charge in [0.05, 0.1) is 0 Å². The molecule has 2 nitrogen and oxygen atoms in total. The van der Waals surface area contributed by atoms with Crippen LogP contribution in [0, 0.1) is 5.92 Å².